The lowest BCUT2D eigenvalue weighted by Gasteiger charge is -2.27. The standard InChI is InChI=1S/C15H18N2O4/c16-14(18)9-4-3-5-10(9)17-15(19)13-8-20-11-6-1-2-7-12(11)21-13/h1-2,6-7,9-10,13H,3-5,8H2,(H2,16,18)(H,17,19)/t9-,10+,13-/m1/s1. The van der Waals surface area contributed by atoms with Crippen molar-refractivity contribution in [3.05, 3.63) is 24.3 Å². The van der Waals surface area contributed by atoms with E-state index in [1.165, 1.54) is 0 Å². The molecule has 112 valence electrons. The molecule has 1 heterocycles. The van der Waals surface area contributed by atoms with Crippen LogP contribution in [0.1, 0.15) is 19.3 Å². The molecular weight excluding hydrogens is 272 g/mol. The van der Waals surface area contributed by atoms with Gasteiger partial charge in [0.05, 0.1) is 5.92 Å². The number of para-hydroxylation sites is 2. The number of ether oxygens (including phenoxy) is 2. The van der Waals surface area contributed by atoms with E-state index in [4.69, 9.17) is 15.2 Å². The zero-order valence-corrected chi connectivity index (χ0v) is 11.6. The average Bonchev–Trinajstić information content (AvgIpc) is 2.95. The number of fused-ring (bicyclic) bond motifs is 1. The summed E-state index contributed by atoms with van der Waals surface area (Å²) in [5, 5.41) is 2.87. The highest BCUT2D eigenvalue weighted by atomic mass is 16.6. The van der Waals surface area contributed by atoms with Crippen molar-refractivity contribution in [2.45, 2.75) is 31.4 Å². The number of primary amides is 1. The molecule has 1 saturated carbocycles. The van der Waals surface area contributed by atoms with Gasteiger partial charge in [0.1, 0.15) is 6.61 Å². The number of hydrogen-bond acceptors (Lipinski definition) is 4. The smallest absolute Gasteiger partial charge is 0.264 e. The highest BCUT2D eigenvalue weighted by Crippen LogP contribution is 2.31. The van der Waals surface area contributed by atoms with Crippen LogP contribution in [0, 0.1) is 5.92 Å². The number of benzene rings is 1. The van der Waals surface area contributed by atoms with Gasteiger partial charge in [-0.15, -0.1) is 0 Å². The summed E-state index contributed by atoms with van der Waals surface area (Å²) in [5.41, 5.74) is 5.36. The zero-order valence-electron chi connectivity index (χ0n) is 11.6. The molecule has 0 unspecified atom stereocenters. The van der Waals surface area contributed by atoms with Crippen LogP contribution >= 0.6 is 0 Å². The fraction of sp³-hybridized carbons (Fsp3) is 0.467. The minimum atomic E-state index is -0.700. The van der Waals surface area contributed by atoms with E-state index in [2.05, 4.69) is 5.32 Å². The van der Waals surface area contributed by atoms with Crippen molar-refractivity contribution in [2.75, 3.05) is 6.61 Å². The molecule has 1 aliphatic carbocycles. The number of hydrogen-bond donors (Lipinski definition) is 2. The van der Waals surface area contributed by atoms with Crippen LogP contribution in [0.15, 0.2) is 24.3 Å². The van der Waals surface area contributed by atoms with Crippen molar-refractivity contribution >= 4 is 11.8 Å². The van der Waals surface area contributed by atoms with Crippen LogP contribution in [-0.2, 0) is 9.59 Å². The third-order valence-electron chi connectivity index (χ3n) is 4.01. The second kappa shape index (κ2) is 5.63. The number of amides is 2. The summed E-state index contributed by atoms with van der Waals surface area (Å²) in [5.74, 6) is 0.288. The van der Waals surface area contributed by atoms with Crippen LogP contribution in [0.2, 0.25) is 0 Å². The van der Waals surface area contributed by atoms with E-state index in [1.54, 1.807) is 12.1 Å². The van der Waals surface area contributed by atoms with Gasteiger partial charge in [0.2, 0.25) is 12.0 Å². The van der Waals surface area contributed by atoms with Crippen molar-refractivity contribution in [1.82, 2.24) is 5.32 Å². The molecule has 1 aromatic rings. The first-order valence-electron chi connectivity index (χ1n) is 7.13. The maximum absolute atomic E-state index is 12.3. The Morgan fingerprint density at radius 3 is 2.71 bits per heavy atom. The van der Waals surface area contributed by atoms with E-state index in [0.717, 1.165) is 19.3 Å². The molecule has 1 aromatic carbocycles. The number of carbonyl (C=O) groups is 2. The predicted octanol–water partition coefficient (Wildman–Crippen LogP) is 0.597. The van der Waals surface area contributed by atoms with Crippen LogP contribution in [0.5, 0.6) is 11.5 Å². The van der Waals surface area contributed by atoms with E-state index in [0.29, 0.717) is 11.5 Å². The summed E-state index contributed by atoms with van der Waals surface area (Å²) in [4.78, 5) is 23.6. The number of carbonyl (C=O) groups excluding carboxylic acids is 2. The third-order valence-corrected chi connectivity index (χ3v) is 4.01. The highest BCUT2D eigenvalue weighted by molar-refractivity contribution is 5.84. The molecule has 3 rings (SSSR count). The summed E-state index contributed by atoms with van der Waals surface area (Å²) >= 11 is 0. The Bertz CT molecular complexity index is 560. The van der Waals surface area contributed by atoms with Crippen molar-refractivity contribution in [1.29, 1.82) is 0 Å². The third kappa shape index (κ3) is 2.79. The maximum Gasteiger partial charge on any atom is 0.264 e. The van der Waals surface area contributed by atoms with E-state index in [9.17, 15) is 9.59 Å². The first-order chi connectivity index (χ1) is 10.1. The van der Waals surface area contributed by atoms with Gasteiger partial charge < -0.3 is 20.5 Å². The predicted molar refractivity (Wildman–Crippen MR) is 74.8 cm³/mol. The van der Waals surface area contributed by atoms with Gasteiger partial charge in [0.15, 0.2) is 11.5 Å². The summed E-state index contributed by atoms with van der Waals surface area (Å²) in [6, 6.07) is 7.03. The largest absolute Gasteiger partial charge is 0.485 e. The number of rotatable bonds is 3. The number of nitrogens with two attached hydrogens (primary N) is 1. The molecule has 1 fully saturated rings. The Labute approximate surface area is 122 Å². The molecule has 2 aliphatic rings. The van der Waals surface area contributed by atoms with Crippen molar-refractivity contribution in [3.8, 4) is 11.5 Å². The van der Waals surface area contributed by atoms with Gasteiger partial charge in [-0.05, 0) is 25.0 Å². The maximum atomic E-state index is 12.3. The Balaban J connectivity index is 1.63. The molecule has 2 amide bonds. The lowest BCUT2D eigenvalue weighted by molar-refractivity contribution is -0.131. The van der Waals surface area contributed by atoms with E-state index in [1.807, 2.05) is 12.1 Å². The van der Waals surface area contributed by atoms with E-state index in [-0.39, 0.29) is 30.4 Å². The molecule has 1 aliphatic heterocycles. The quantitative estimate of drug-likeness (QED) is 0.852. The Kier molecular flexibility index (Phi) is 3.68. The van der Waals surface area contributed by atoms with E-state index >= 15 is 0 Å². The van der Waals surface area contributed by atoms with Gasteiger partial charge in [-0.2, -0.15) is 0 Å². The van der Waals surface area contributed by atoms with Crippen LogP contribution in [-0.4, -0.2) is 30.6 Å². The molecule has 3 atom stereocenters. The lowest BCUT2D eigenvalue weighted by Crippen LogP contribution is -2.50. The molecule has 0 bridgehead atoms. The minimum absolute atomic E-state index is 0.163. The van der Waals surface area contributed by atoms with Crippen LogP contribution in [0.3, 0.4) is 0 Å². The zero-order chi connectivity index (χ0) is 14.8. The summed E-state index contributed by atoms with van der Waals surface area (Å²) in [7, 11) is 0. The van der Waals surface area contributed by atoms with Gasteiger partial charge in [-0.25, -0.2) is 0 Å². The van der Waals surface area contributed by atoms with Crippen molar-refractivity contribution < 1.29 is 19.1 Å². The number of nitrogens with one attached hydrogen (secondary N) is 1. The first-order valence-corrected chi connectivity index (χ1v) is 7.13. The minimum Gasteiger partial charge on any atom is -0.485 e. The van der Waals surface area contributed by atoms with Gasteiger partial charge in [0.25, 0.3) is 5.91 Å². The van der Waals surface area contributed by atoms with Gasteiger partial charge >= 0.3 is 0 Å². The fourth-order valence-electron chi connectivity index (χ4n) is 2.90. The Morgan fingerprint density at radius 2 is 1.95 bits per heavy atom. The molecule has 0 spiro atoms. The normalized spacial score (nSPS) is 27.1. The van der Waals surface area contributed by atoms with E-state index < -0.39 is 6.10 Å². The van der Waals surface area contributed by atoms with Crippen LogP contribution in [0.4, 0.5) is 0 Å². The van der Waals surface area contributed by atoms with Gasteiger partial charge in [-0.3, -0.25) is 9.59 Å². The molecule has 3 N–H and O–H groups in total. The fourth-order valence-corrected chi connectivity index (χ4v) is 2.90. The summed E-state index contributed by atoms with van der Waals surface area (Å²) in [6.45, 7) is 0.163. The summed E-state index contributed by atoms with van der Waals surface area (Å²) in [6.07, 6.45) is 1.69. The molecule has 0 aromatic heterocycles. The highest BCUT2D eigenvalue weighted by Gasteiger charge is 2.35. The second-order valence-electron chi connectivity index (χ2n) is 5.42. The Hall–Kier alpha value is -2.24. The van der Waals surface area contributed by atoms with Crippen LogP contribution < -0.4 is 20.5 Å². The van der Waals surface area contributed by atoms with Crippen LogP contribution in [0.25, 0.3) is 0 Å². The molecule has 6 nitrogen and oxygen atoms in total. The molecule has 0 radical (unpaired) electrons. The van der Waals surface area contributed by atoms with Crippen molar-refractivity contribution in [2.24, 2.45) is 11.7 Å². The first kappa shape index (κ1) is 13.7. The van der Waals surface area contributed by atoms with Gasteiger partial charge in [0, 0.05) is 6.04 Å². The second-order valence-corrected chi connectivity index (χ2v) is 5.42. The van der Waals surface area contributed by atoms with Crippen molar-refractivity contribution in [3.63, 3.8) is 0 Å². The monoisotopic (exact) mass is 290 g/mol. The average molecular weight is 290 g/mol. The molecule has 21 heavy (non-hydrogen) atoms. The Morgan fingerprint density at radius 1 is 1.19 bits per heavy atom. The lowest BCUT2D eigenvalue weighted by atomic mass is 10.0. The topological polar surface area (TPSA) is 90.7 Å². The SMILES string of the molecule is NC(=O)[C@@H]1CCC[C@@H]1NC(=O)[C@H]1COc2ccccc2O1. The summed E-state index contributed by atoms with van der Waals surface area (Å²) < 4.78 is 11.2. The molecule has 6 heteroatoms. The molecular formula is C15H18N2O4. The van der Waals surface area contributed by atoms with Gasteiger partial charge in [-0.1, -0.05) is 18.6 Å². The molecule has 0 saturated heterocycles.